The number of anilines is 1. The predicted molar refractivity (Wildman–Crippen MR) is 132 cm³/mol. The molecule has 0 aromatic heterocycles. The molecule has 0 spiro atoms. The van der Waals surface area contributed by atoms with Crippen molar-refractivity contribution in [1.82, 2.24) is 5.32 Å². The molecule has 7 heteroatoms. The quantitative estimate of drug-likeness (QED) is 0.519. The van der Waals surface area contributed by atoms with Crippen LogP contribution in [0.4, 0.5) is 5.69 Å². The number of hydrogen-bond donors (Lipinski definition) is 1. The van der Waals surface area contributed by atoms with E-state index in [1.54, 1.807) is 31.4 Å². The molecule has 1 amide bonds. The summed E-state index contributed by atoms with van der Waals surface area (Å²) in [6, 6.07) is 20.0. The monoisotopic (exact) mass is 466 g/mol. The zero-order chi connectivity index (χ0) is 24.2. The summed E-state index contributed by atoms with van der Waals surface area (Å²) >= 11 is 0. The molecule has 0 fully saturated rings. The number of ether oxygens (including phenoxy) is 1. The lowest BCUT2D eigenvalue weighted by molar-refractivity contribution is 0.0940. The third-order valence-electron chi connectivity index (χ3n) is 5.68. The summed E-state index contributed by atoms with van der Waals surface area (Å²) in [5.74, 6) is 0.566. The van der Waals surface area contributed by atoms with Crippen molar-refractivity contribution in [3.8, 4) is 5.75 Å². The first-order chi connectivity index (χ1) is 15.6. The van der Waals surface area contributed by atoms with Gasteiger partial charge in [-0.25, -0.2) is 8.42 Å². The van der Waals surface area contributed by atoms with Crippen LogP contribution in [0.25, 0.3) is 0 Å². The van der Waals surface area contributed by atoms with E-state index < -0.39 is 10.0 Å². The average Bonchev–Trinajstić information content (AvgIpc) is 2.79. The van der Waals surface area contributed by atoms with Gasteiger partial charge in [0.1, 0.15) is 5.75 Å². The number of sulfonamides is 1. The van der Waals surface area contributed by atoms with E-state index in [4.69, 9.17) is 4.74 Å². The van der Waals surface area contributed by atoms with E-state index in [0.717, 1.165) is 28.0 Å². The first kappa shape index (κ1) is 24.3. The molecule has 1 atom stereocenters. The zero-order valence-electron chi connectivity index (χ0n) is 19.6. The van der Waals surface area contributed by atoms with Gasteiger partial charge in [0.25, 0.3) is 5.91 Å². The molecule has 0 saturated heterocycles. The minimum Gasteiger partial charge on any atom is -0.497 e. The fourth-order valence-corrected chi connectivity index (χ4v) is 4.34. The Bertz CT molecular complexity index is 1220. The molecule has 1 unspecified atom stereocenters. The molecule has 0 bridgehead atoms. The summed E-state index contributed by atoms with van der Waals surface area (Å²) in [7, 11) is -1.87. The maximum Gasteiger partial charge on any atom is 0.251 e. The molecular formula is C26H30N2O4S. The van der Waals surface area contributed by atoms with Gasteiger partial charge in [-0.3, -0.25) is 9.10 Å². The molecule has 3 aromatic carbocycles. The van der Waals surface area contributed by atoms with Crippen LogP contribution >= 0.6 is 0 Å². The second-order valence-corrected chi connectivity index (χ2v) is 10.1. The van der Waals surface area contributed by atoms with E-state index in [2.05, 4.69) is 5.32 Å². The highest BCUT2D eigenvalue weighted by atomic mass is 32.2. The zero-order valence-corrected chi connectivity index (χ0v) is 20.4. The van der Waals surface area contributed by atoms with Gasteiger partial charge in [-0.2, -0.15) is 0 Å². The summed E-state index contributed by atoms with van der Waals surface area (Å²) in [6.07, 6.45) is 1.20. The Labute approximate surface area is 196 Å². The largest absolute Gasteiger partial charge is 0.497 e. The summed E-state index contributed by atoms with van der Waals surface area (Å²) in [6.45, 7) is 6.05. The van der Waals surface area contributed by atoms with Crippen LogP contribution in [0.15, 0.2) is 66.7 Å². The van der Waals surface area contributed by atoms with E-state index in [1.165, 1.54) is 10.6 Å². The highest BCUT2D eigenvalue weighted by molar-refractivity contribution is 7.92. The minimum absolute atomic E-state index is 0.173. The Morgan fingerprint density at radius 1 is 0.970 bits per heavy atom. The van der Waals surface area contributed by atoms with Gasteiger partial charge in [-0.1, -0.05) is 30.3 Å². The van der Waals surface area contributed by atoms with Crippen molar-refractivity contribution in [3.05, 3.63) is 94.5 Å². The van der Waals surface area contributed by atoms with Gasteiger partial charge in [0.15, 0.2) is 0 Å². The molecule has 1 N–H and O–H groups in total. The summed E-state index contributed by atoms with van der Waals surface area (Å²) in [5.41, 5.74) is 5.02. The van der Waals surface area contributed by atoms with Crippen LogP contribution in [-0.4, -0.2) is 27.7 Å². The second kappa shape index (κ2) is 10.1. The van der Waals surface area contributed by atoms with E-state index in [-0.39, 0.29) is 18.5 Å². The maximum atomic E-state index is 12.7. The topological polar surface area (TPSA) is 75.7 Å². The molecule has 174 valence electrons. The van der Waals surface area contributed by atoms with Crippen LogP contribution in [0.5, 0.6) is 5.75 Å². The molecule has 6 nitrogen and oxygen atoms in total. The van der Waals surface area contributed by atoms with Gasteiger partial charge in [-0.15, -0.1) is 0 Å². The van der Waals surface area contributed by atoms with Crippen molar-refractivity contribution in [1.29, 1.82) is 0 Å². The van der Waals surface area contributed by atoms with Gasteiger partial charge in [0.05, 0.1) is 31.6 Å². The number of carbonyl (C=O) groups is 1. The minimum atomic E-state index is -3.48. The second-order valence-electron chi connectivity index (χ2n) is 8.20. The van der Waals surface area contributed by atoms with Gasteiger partial charge in [0, 0.05) is 5.56 Å². The number of carbonyl (C=O) groups excluding carboxylic acids is 1. The normalized spacial score (nSPS) is 12.2. The standard InChI is InChI=1S/C26H30N2O4S/c1-18-6-13-24(16-19(18)2)28(33(5,30)31)17-21-7-9-23(10-8-21)26(29)27-20(3)22-11-14-25(32-4)15-12-22/h6-16,20H,17H2,1-5H3,(H,27,29). The number of amides is 1. The Morgan fingerprint density at radius 2 is 1.61 bits per heavy atom. The fraction of sp³-hybridized carbons (Fsp3) is 0.269. The van der Waals surface area contributed by atoms with Crippen molar-refractivity contribution in [2.45, 2.75) is 33.4 Å². The summed E-state index contributed by atoms with van der Waals surface area (Å²) in [5, 5.41) is 2.99. The molecule has 0 saturated carbocycles. The number of nitrogens with zero attached hydrogens (tertiary/aromatic N) is 1. The van der Waals surface area contributed by atoms with Gasteiger partial charge in [0.2, 0.25) is 10.0 Å². The van der Waals surface area contributed by atoms with Crippen molar-refractivity contribution in [3.63, 3.8) is 0 Å². The highest BCUT2D eigenvalue weighted by Crippen LogP contribution is 2.24. The number of rotatable bonds is 8. The van der Waals surface area contributed by atoms with Crippen molar-refractivity contribution in [2.24, 2.45) is 0 Å². The Hall–Kier alpha value is -3.32. The molecule has 3 aromatic rings. The molecule has 3 rings (SSSR count). The van der Waals surface area contributed by atoms with E-state index in [1.807, 2.05) is 63.2 Å². The molecule has 0 heterocycles. The first-order valence-electron chi connectivity index (χ1n) is 10.7. The highest BCUT2D eigenvalue weighted by Gasteiger charge is 2.19. The van der Waals surface area contributed by atoms with Gasteiger partial charge < -0.3 is 10.1 Å². The van der Waals surface area contributed by atoms with Crippen molar-refractivity contribution < 1.29 is 17.9 Å². The first-order valence-corrected chi connectivity index (χ1v) is 12.5. The molecule has 0 aliphatic heterocycles. The Morgan fingerprint density at radius 3 is 2.15 bits per heavy atom. The molecular weight excluding hydrogens is 436 g/mol. The van der Waals surface area contributed by atoms with Crippen LogP contribution in [0.1, 0.15) is 45.6 Å². The Balaban J connectivity index is 1.72. The number of nitrogens with one attached hydrogen (secondary N) is 1. The van der Waals surface area contributed by atoms with Crippen molar-refractivity contribution >= 4 is 21.6 Å². The number of methoxy groups -OCH3 is 1. The SMILES string of the molecule is COc1ccc(C(C)NC(=O)c2ccc(CN(c3ccc(C)c(C)c3)S(C)(=O)=O)cc2)cc1. The average molecular weight is 467 g/mol. The lowest BCUT2D eigenvalue weighted by atomic mass is 10.1. The molecule has 33 heavy (non-hydrogen) atoms. The molecule has 0 aliphatic rings. The lowest BCUT2D eigenvalue weighted by Crippen LogP contribution is -2.29. The number of hydrogen-bond acceptors (Lipinski definition) is 4. The van der Waals surface area contributed by atoms with Crippen LogP contribution in [0, 0.1) is 13.8 Å². The van der Waals surface area contributed by atoms with E-state index in [0.29, 0.717) is 11.3 Å². The van der Waals surface area contributed by atoms with Gasteiger partial charge in [-0.05, 0) is 79.4 Å². The third-order valence-corrected chi connectivity index (χ3v) is 6.83. The van der Waals surface area contributed by atoms with E-state index in [9.17, 15) is 13.2 Å². The fourth-order valence-electron chi connectivity index (χ4n) is 3.46. The smallest absolute Gasteiger partial charge is 0.251 e. The van der Waals surface area contributed by atoms with Crippen LogP contribution in [-0.2, 0) is 16.6 Å². The van der Waals surface area contributed by atoms with E-state index >= 15 is 0 Å². The summed E-state index contributed by atoms with van der Waals surface area (Å²) in [4.78, 5) is 12.7. The lowest BCUT2D eigenvalue weighted by Gasteiger charge is -2.23. The number of aryl methyl sites for hydroxylation is 2. The van der Waals surface area contributed by atoms with Gasteiger partial charge >= 0.3 is 0 Å². The Kier molecular flexibility index (Phi) is 7.43. The maximum absolute atomic E-state index is 12.7. The number of benzene rings is 3. The van der Waals surface area contributed by atoms with Crippen LogP contribution in [0.3, 0.4) is 0 Å². The predicted octanol–water partition coefficient (Wildman–Crippen LogP) is 4.77. The third kappa shape index (κ3) is 6.14. The molecule has 0 radical (unpaired) electrons. The summed E-state index contributed by atoms with van der Waals surface area (Å²) < 4.78 is 31.5. The molecule has 0 aliphatic carbocycles. The van der Waals surface area contributed by atoms with Crippen LogP contribution in [0.2, 0.25) is 0 Å². The van der Waals surface area contributed by atoms with Crippen molar-refractivity contribution in [2.75, 3.05) is 17.7 Å². The van der Waals surface area contributed by atoms with Crippen LogP contribution < -0.4 is 14.4 Å².